The third-order valence-electron chi connectivity index (χ3n) is 5.28. The SMILES string of the molecule is Cc1ccccc1-n1c(=O)nc(CCCCS(=O)(=O)N(C)C)c2ccc(C(F)(F)F)cc21. The Bertz CT molecular complexity index is 1300. The van der Waals surface area contributed by atoms with E-state index in [0.717, 1.165) is 22.0 Å². The molecule has 0 aliphatic carbocycles. The average molecular weight is 468 g/mol. The quantitative estimate of drug-likeness (QED) is 0.494. The summed E-state index contributed by atoms with van der Waals surface area (Å²) in [4.78, 5) is 17.1. The number of unbranched alkanes of at least 4 members (excludes halogenated alkanes) is 1. The summed E-state index contributed by atoms with van der Waals surface area (Å²) in [6.45, 7) is 1.76. The van der Waals surface area contributed by atoms with Crippen LogP contribution in [0.1, 0.15) is 29.7 Å². The van der Waals surface area contributed by atoms with Crippen molar-refractivity contribution in [3.8, 4) is 5.69 Å². The number of fused-ring (bicyclic) bond motifs is 1. The lowest BCUT2D eigenvalue weighted by atomic mass is 10.1. The van der Waals surface area contributed by atoms with Gasteiger partial charge in [0.05, 0.1) is 28.2 Å². The van der Waals surface area contributed by atoms with Crippen molar-refractivity contribution in [1.29, 1.82) is 0 Å². The number of nitrogens with zero attached hydrogens (tertiary/aromatic N) is 3. The molecule has 10 heteroatoms. The third-order valence-corrected chi connectivity index (χ3v) is 7.19. The largest absolute Gasteiger partial charge is 0.416 e. The van der Waals surface area contributed by atoms with Gasteiger partial charge in [0, 0.05) is 19.5 Å². The lowest BCUT2D eigenvalue weighted by Crippen LogP contribution is -2.25. The Morgan fingerprint density at radius 1 is 1.06 bits per heavy atom. The molecule has 0 unspecified atom stereocenters. The summed E-state index contributed by atoms with van der Waals surface area (Å²) in [5.74, 6) is -0.0591. The van der Waals surface area contributed by atoms with Crippen LogP contribution in [0.3, 0.4) is 0 Å². The van der Waals surface area contributed by atoms with Crippen LogP contribution in [0, 0.1) is 6.92 Å². The molecule has 3 rings (SSSR count). The average Bonchev–Trinajstić information content (AvgIpc) is 2.71. The predicted octanol–water partition coefficient (Wildman–Crippen LogP) is 3.93. The molecular formula is C22H24F3N3O3S. The van der Waals surface area contributed by atoms with Gasteiger partial charge in [0.25, 0.3) is 0 Å². The zero-order valence-corrected chi connectivity index (χ0v) is 18.8. The number of hydrogen-bond donors (Lipinski definition) is 0. The van der Waals surface area contributed by atoms with Gasteiger partial charge in [0.15, 0.2) is 0 Å². The van der Waals surface area contributed by atoms with Crippen LogP contribution in [0.5, 0.6) is 0 Å². The van der Waals surface area contributed by atoms with Gasteiger partial charge in [0.2, 0.25) is 10.0 Å². The molecule has 0 N–H and O–H groups in total. The Hall–Kier alpha value is -2.72. The van der Waals surface area contributed by atoms with E-state index >= 15 is 0 Å². The highest BCUT2D eigenvalue weighted by Gasteiger charge is 2.31. The van der Waals surface area contributed by atoms with Gasteiger partial charge in [-0.05, 0) is 49.9 Å². The van der Waals surface area contributed by atoms with Gasteiger partial charge in [-0.25, -0.2) is 17.5 Å². The fraction of sp³-hybridized carbons (Fsp3) is 0.364. The molecular weight excluding hydrogens is 443 g/mol. The van der Waals surface area contributed by atoms with E-state index in [1.54, 1.807) is 31.2 Å². The Morgan fingerprint density at radius 2 is 1.75 bits per heavy atom. The third kappa shape index (κ3) is 5.02. The molecule has 32 heavy (non-hydrogen) atoms. The highest BCUT2D eigenvalue weighted by Crippen LogP contribution is 2.32. The number of para-hydroxylation sites is 1. The molecule has 172 valence electrons. The molecule has 0 radical (unpaired) electrons. The van der Waals surface area contributed by atoms with Crippen LogP contribution in [0.2, 0.25) is 0 Å². The van der Waals surface area contributed by atoms with Crippen LogP contribution in [0.4, 0.5) is 13.2 Å². The molecule has 0 bridgehead atoms. The molecule has 0 amide bonds. The highest BCUT2D eigenvalue weighted by molar-refractivity contribution is 7.89. The van der Waals surface area contributed by atoms with Gasteiger partial charge in [-0.1, -0.05) is 24.3 Å². The minimum absolute atomic E-state index is 0.0591. The number of rotatable bonds is 7. The lowest BCUT2D eigenvalue weighted by Gasteiger charge is -2.16. The van der Waals surface area contributed by atoms with E-state index in [2.05, 4.69) is 4.98 Å². The van der Waals surface area contributed by atoms with Gasteiger partial charge >= 0.3 is 11.9 Å². The van der Waals surface area contributed by atoms with E-state index in [0.29, 0.717) is 29.6 Å². The summed E-state index contributed by atoms with van der Waals surface area (Å²) < 4.78 is 66.4. The van der Waals surface area contributed by atoms with Gasteiger partial charge in [-0.2, -0.15) is 18.2 Å². The number of hydrogen-bond acceptors (Lipinski definition) is 4. The van der Waals surface area contributed by atoms with Crippen molar-refractivity contribution in [2.45, 2.75) is 32.4 Å². The number of aryl methyl sites for hydroxylation is 2. The summed E-state index contributed by atoms with van der Waals surface area (Å²) in [5.41, 5.74) is 0.105. The van der Waals surface area contributed by atoms with Gasteiger partial charge in [0.1, 0.15) is 0 Å². The van der Waals surface area contributed by atoms with Crippen molar-refractivity contribution in [3.05, 3.63) is 69.8 Å². The van der Waals surface area contributed by atoms with E-state index in [9.17, 15) is 26.4 Å². The van der Waals surface area contributed by atoms with Crippen LogP contribution < -0.4 is 5.69 Å². The van der Waals surface area contributed by atoms with Crippen molar-refractivity contribution < 1.29 is 21.6 Å². The number of aromatic nitrogens is 2. The highest BCUT2D eigenvalue weighted by atomic mass is 32.2. The first kappa shape index (κ1) is 23.9. The molecule has 0 saturated heterocycles. The van der Waals surface area contributed by atoms with E-state index in [4.69, 9.17) is 0 Å². The van der Waals surface area contributed by atoms with Gasteiger partial charge in [-0.15, -0.1) is 0 Å². The second-order valence-electron chi connectivity index (χ2n) is 7.75. The van der Waals surface area contributed by atoms with Crippen LogP contribution in [-0.4, -0.2) is 42.1 Å². The molecule has 0 fully saturated rings. The van der Waals surface area contributed by atoms with E-state index in [1.807, 2.05) is 0 Å². The van der Waals surface area contributed by atoms with Crippen molar-refractivity contribution in [3.63, 3.8) is 0 Å². The Kier molecular flexibility index (Phi) is 6.75. The molecule has 0 spiro atoms. The first-order valence-electron chi connectivity index (χ1n) is 10.0. The number of alkyl halides is 3. The van der Waals surface area contributed by atoms with Crippen LogP contribution in [0.15, 0.2) is 47.3 Å². The normalized spacial score (nSPS) is 12.6. The fourth-order valence-corrected chi connectivity index (χ4v) is 4.40. The smallest absolute Gasteiger partial charge is 0.260 e. The van der Waals surface area contributed by atoms with Crippen LogP contribution >= 0.6 is 0 Å². The summed E-state index contributed by atoms with van der Waals surface area (Å²) in [6.07, 6.45) is -3.53. The van der Waals surface area contributed by atoms with Crippen LogP contribution in [-0.2, 0) is 22.6 Å². The monoisotopic (exact) mass is 467 g/mol. The van der Waals surface area contributed by atoms with Crippen LogP contribution in [0.25, 0.3) is 16.6 Å². The Labute approximate surface area is 184 Å². The van der Waals surface area contributed by atoms with Gasteiger partial charge < -0.3 is 0 Å². The number of sulfonamides is 1. The lowest BCUT2D eigenvalue weighted by molar-refractivity contribution is -0.137. The molecule has 0 aliphatic rings. The Balaban J connectivity index is 2.07. The summed E-state index contributed by atoms with van der Waals surface area (Å²) >= 11 is 0. The molecule has 0 saturated carbocycles. The topological polar surface area (TPSA) is 72.3 Å². The Morgan fingerprint density at radius 3 is 2.38 bits per heavy atom. The molecule has 0 aliphatic heterocycles. The second kappa shape index (κ2) is 9.03. The van der Waals surface area contributed by atoms with E-state index in [-0.39, 0.29) is 17.7 Å². The zero-order valence-electron chi connectivity index (χ0n) is 18.0. The standard InChI is InChI=1S/C22H24F3N3O3S/c1-15-8-4-5-10-19(15)28-20-14-16(22(23,24)25)11-12-17(20)18(26-21(28)29)9-6-7-13-32(30,31)27(2)3/h4-5,8,10-12,14H,6-7,9,13H2,1-3H3. The van der Waals surface area contributed by atoms with Crippen molar-refractivity contribution in [1.82, 2.24) is 13.9 Å². The van der Waals surface area contributed by atoms with Gasteiger partial charge in [-0.3, -0.25) is 4.57 Å². The first-order chi connectivity index (χ1) is 14.9. The molecule has 1 heterocycles. The predicted molar refractivity (Wildman–Crippen MR) is 117 cm³/mol. The van der Waals surface area contributed by atoms with Crippen molar-refractivity contribution >= 4 is 20.9 Å². The summed E-state index contributed by atoms with van der Waals surface area (Å²) in [5, 5.41) is 0.427. The maximum atomic E-state index is 13.4. The zero-order chi connectivity index (χ0) is 23.7. The molecule has 2 aromatic carbocycles. The van der Waals surface area contributed by atoms with Crippen molar-refractivity contribution in [2.75, 3.05) is 19.8 Å². The minimum atomic E-state index is -4.56. The van der Waals surface area contributed by atoms with E-state index in [1.165, 1.54) is 24.7 Å². The summed E-state index contributed by atoms with van der Waals surface area (Å²) in [6, 6.07) is 10.2. The molecule has 0 atom stereocenters. The van der Waals surface area contributed by atoms with Crippen molar-refractivity contribution in [2.24, 2.45) is 0 Å². The number of benzene rings is 2. The minimum Gasteiger partial charge on any atom is -0.260 e. The molecule has 3 aromatic rings. The number of halogens is 3. The summed E-state index contributed by atoms with van der Waals surface area (Å²) in [7, 11) is -0.446. The fourth-order valence-electron chi connectivity index (χ4n) is 3.46. The molecule has 6 nitrogen and oxygen atoms in total. The maximum Gasteiger partial charge on any atom is 0.416 e. The first-order valence-corrected chi connectivity index (χ1v) is 11.6. The molecule has 1 aromatic heterocycles. The second-order valence-corrected chi connectivity index (χ2v) is 10.1. The maximum absolute atomic E-state index is 13.4. The van der Waals surface area contributed by atoms with E-state index < -0.39 is 27.5 Å².